The fourth-order valence-electron chi connectivity index (χ4n) is 1.44. The number of sulfone groups is 1. The molecule has 0 saturated carbocycles. The zero-order valence-corrected chi connectivity index (χ0v) is 12.5. The van der Waals surface area contributed by atoms with Gasteiger partial charge in [0.05, 0.1) is 0 Å². The van der Waals surface area contributed by atoms with Crippen LogP contribution in [0.3, 0.4) is 0 Å². The molecule has 2 aromatic rings. The first-order chi connectivity index (χ1) is 9.04. The molecule has 8 heteroatoms. The summed E-state index contributed by atoms with van der Waals surface area (Å²) in [6, 6.07) is 8.90. The van der Waals surface area contributed by atoms with Crippen molar-refractivity contribution in [2.24, 2.45) is 0 Å². The third-order valence-corrected chi connectivity index (χ3v) is 6.78. The number of hydrogen-bond acceptors (Lipinski definition) is 6. The summed E-state index contributed by atoms with van der Waals surface area (Å²) in [4.78, 5) is 11.1. The molecular formula is C11H10N2O4SSe. The molecule has 0 aliphatic rings. The van der Waals surface area contributed by atoms with Crippen LogP contribution in [0.15, 0.2) is 34.1 Å². The van der Waals surface area contributed by atoms with E-state index in [-0.39, 0.29) is 3.77 Å². The van der Waals surface area contributed by atoms with E-state index in [0.717, 1.165) is 7.11 Å². The van der Waals surface area contributed by atoms with Crippen LogP contribution in [0.5, 0.6) is 0 Å². The van der Waals surface area contributed by atoms with Gasteiger partial charge in [-0.05, 0) is 0 Å². The molecule has 0 spiro atoms. The Hall–Kier alpha value is -1.50. The van der Waals surface area contributed by atoms with Crippen LogP contribution < -0.4 is 0 Å². The van der Waals surface area contributed by atoms with Crippen LogP contribution in [0.1, 0.15) is 0 Å². The summed E-state index contributed by atoms with van der Waals surface area (Å²) in [5, 5.41) is 3.89. The van der Waals surface area contributed by atoms with Crippen molar-refractivity contribution in [2.75, 3.05) is 12.9 Å². The van der Waals surface area contributed by atoms with Gasteiger partial charge in [0.2, 0.25) is 0 Å². The first-order valence-corrected chi connectivity index (χ1v) is 8.49. The van der Waals surface area contributed by atoms with Crippen molar-refractivity contribution < 1.29 is 17.9 Å². The third-order valence-electron chi connectivity index (χ3n) is 2.32. The van der Waals surface area contributed by atoms with E-state index in [0.29, 0.717) is 11.3 Å². The van der Waals surface area contributed by atoms with Gasteiger partial charge in [0.1, 0.15) is 0 Å². The molecule has 100 valence electrons. The van der Waals surface area contributed by atoms with E-state index >= 15 is 0 Å². The van der Waals surface area contributed by atoms with Crippen LogP contribution in [-0.4, -0.2) is 51.2 Å². The van der Waals surface area contributed by atoms with Crippen LogP contribution in [0.25, 0.3) is 11.3 Å². The molecule has 6 nitrogen and oxygen atoms in total. The van der Waals surface area contributed by atoms with Crippen LogP contribution in [0.4, 0.5) is 0 Å². The van der Waals surface area contributed by atoms with E-state index in [2.05, 4.69) is 13.9 Å². The van der Waals surface area contributed by atoms with Gasteiger partial charge < -0.3 is 0 Å². The molecule has 1 aromatic carbocycles. The molecule has 0 saturated heterocycles. The number of carbonyl (C=O) groups excluding carboxylic acids is 1. The number of ether oxygens (including phenoxy) is 1. The minimum atomic E-state index is -3.72. The molecule has 2 rings (SSSR count). The molecule has 0 N–H and O–H groups in total. The molecule has 0 bridgehead atoms. The molecule has 1 aromatic heterocycles. The van der Waals surface area contributed by atoms with Crippen molar-refractivity contribution in [3.63, 3.8) is 0 Å². The van der Waals surface area contributed by atoms with Gasteiger partial charge in [0.25, 0.3) is 0 Å². The van der Waals surface area contributed by atoms with Gasteiger partial charge >= 0.3 is 116 Å². The summed E-state index contributed by atoms with van der Waals surface area (Å²) in [5.74, 6) is -1.47. The molecule has 19 heavy (non-hydrogen) atoms. The SMILES string of the molecule is COC(=O)CS(=O)(=O)c1[se]nnc1-c1ccccc1. The summed E-state index contributed by atoms with van der Waals surface area (Å²) in [6.45, 7) is 0. The maximum atomic E-state index is 12.1. The van der Waals surface area contributed by atoms with Crippen molar-refractivity contribution in [3.8, 4) is 11.3 Å². The van der Waals surface area contributed by atoms with Gasteiger partial charge in [0.15, 0.2) is 0 Å². The Morgan fingerprint density at radius 2 is 2.00 bits per heavy atom. The monoisotopic (exact) mass is 346 g/mol. The van der Waals surface area contributed by atoms with Crippen molar-refractivity contribution in [3.05, 3.63) is 30.3 Å². The molecule has 0 aliphatic heterocycles. The van der Waals surface area contributed by atoms with Crippen LogP contribution in [0.2, 0.25) is 0 Å². The zero-order valence-electron chi connectivity index (χ0n) is 9.94. The Morgan fingerprint density at radius 1 is 1.32 bits per heavy atom. The predicted molar refractivity (Wildman–Crippen MR) is 68.5 cm³/mol. The van der Waals surface area contributed by atoms with Crippen LogP contribution >= 0.6 is 0 Å². The van der Waals surface area contributed by atoms with Crippen LogP contribution in [-0.2, 0) is 19.4 Å². The second-order valence-electron chi connectivity index (χ2n) is 3.61. The Morgan fingerprint density at radius 3 is 2.63 bits per heavy atom. The molecule has 0 fully saturated rings. The van der Waals surface area contributed by atoms with Crippen molar-refractivity contribution in [2.45, 2.75) is 3.77 Å². The van der Waals surface area contributed by atoms with Gasteiger partial charge in [-0.15, -0.1) is 0 Å². The normalized spacial score (nSPS) is 11.2. The van der Waals surface area contributed by atoms with Gasteiger partial charge in [0, 0.05) is 0 Å². The second-order valence-corrected chi connectivity index (χ2v) is 7.70. The molecular weight excluding hydrogens is 335 g/mol. The van der Waals surface area contributed by atoms with Gasteiger partial charge in [-0.1, -0.05) is 0 Å². The fraction of sp³-hybridized carbons (Fsp3) is 0.182. The number of carbonyl (C=O) groups is 1. The number of methoxy groups -OCH3 is 1. The van der Waals surface area contributed by atoms with E-state index in [1.165, 1.54) is 0 Å². The van der Waals surface area contributed by atoms with Crippen molar-refractivity contribution >= 4 is 30.5 Å². The molecule has 0 radical (unpaired) electrons. The Bertz CT molecular complexity index is 682. The van der Waals surface area contributed by atoms with E-state index in [4.69, 9.17) is 0 Å². The molecule has 0 unspecified atom stereocenters. The van der Waals surface area contributed by atoms with Gasteiger partial charge in [-0.25, -0.2) is 0 Å². The molecule has 1 heterocycles. The van der Waals surface area contributed by atoms with E-state index in [9.17, 15) is 13.2 Å². The van der Waals surface area contributed by atoms with Gasteiger partial charge in [-0.2, -0.15) is 0 Å². The van der Waals surface area contributed by atoms with Crippen molar-refractivity contribution in [1.29, 1.82) is 0 Å². The van der Waals surface area contributed by atoms with E-state index in [1.54, 1.807) is 24.3 Å². The maximum absolute atomic E-state index is 12.1. The standard InChI is InChI=1S/C11H10N2O4SSe/c1-17-9(14)7-18(15,16)11-10(12-13-19-11)8-5-3-2-4-6-8/h2-6H,7H2,1H3. The topological polar surface area (TPSA) is 86.2 Å². The third kappa shape index (κ3) is 3.09. The number of nitrogens with zero attached hydrogens (tertiary/aromatic N) is 2. The molecule has 0 amide bonds. The number of benzene rings is 1. The summed E-state index contributed by atoms with van der Waals surface area (Å²) >= 11 is -0.627. The first kappa shape index (κ1) is 13.9. The number of esters is 1. The fourth-order valence-corrected chi connectivity index (χ4v) is 4.75. The minimum absolute atomic E-state index is 0.122. The summed E-state index contributed by atoms with van der Waals surface area (Å²) in [6.07, 6.45) is 0. The first-order valence-electron chi connectivity index (χ1n) is 5.22. The van der Waals surface area contributed by atoms with Gasteiger partial charge in [-0.3, -0.25) is 0 Å². The Kier molecular flexibility index (Phi) is 4.14. The Labute approximate surface area is 116 Å². The number of rotatable bonds is 4. The van der Waals surface area contributed by atoms with E-state index < -0.39 is 36.3 Å². The average Bonchev–Trinajstić information content (AvgIpc) is 2.89. The van der Waals surface area contributed by atoms with Crippen molar-refractivity contribution in [1.82, 2.24) is 9.19 Å². The van der Waals surface area contributed by atoms with Crippen LogP contribution in [0, 0.1) is 0 Å². The number of hydrogen-bond donors (Lipinski definition) is 0. The second kappa shape index (κ2) is 5.64. The zero-order chi connectivity index (χ0) is 13.9. The summed E-state index contributed by atoms with van der Waals surface area (Å²) in [7, 11) is -2.57. The summed E-state index contributed by atoms with van der Waals surface area (Å²) in [5.41, 5.74) is 0.999. The average molecular weight is 345 g/mol. The Balaban J connectivity index is 2.43. The quantitative estimate of drug-likeness (QED) is 0.579. The van der Waals surface area contributed by atoms with E-state index in [1.807, 2.05) is 6.07 Å². The summed E-state index contributed by atoms with van der Waals surface area (Å²) < 4.78 is 32.6. The number of aromatic nitrogens is 2. The predicted octanol–water partition coefficient (Wildman–Crippen LogP) is 0.147. The molecule has 0 atom stereocenters. The molecule has 0 aliphatic carbocycles.